The molecule has 1 fully saturated rings. The third-order valence-corrected chi connectivity index (χ3v) is 2.89. The monoisotopic (exact) mass is 205 g/mol. The quantitative estimate of drug-likeness (QED) is 0.760. The van der Waals surface area contributed by atoms with Gasteiger partial charge >= 0.3 is 0 Å². The Morgan fingerprint density at radius 1 is 1.40 bits per heavy atom. The summed E-state index contributed by atoms with van der Waals surface area (Å²) in [7, 11) is 0. The van der Waals surface area contributed by atoms with Crippen molar-refractivity contribution in [2.24, 2.45) is 5.41 Å². The van der Waals surface area contributed by atoms with Crippen LogP contribution in [-0.2, 0) is 0 Å². The fourth-order valence-electron chi connectivity index (χ4n) is 1.67. The lowest BCUT2D eigenvalue weighted by Gasteiger charge is -2.34. The van der Waals surface area contributed by atoms with Gasteiger partial charge in [0, 0.05) is 0 Å². The van der Waals surface area contributed by atoms with Crippen molar-refractivity contribution in [1.82, 2.24) is 0 Å². The Hall–Kier alpha value is -1.56. The average Bonchev–Trinajstić information content (AvgIpc) is 2.19. The van der Waals surface area contributed by atoms with Gasteiger partial charge in [0.1, 0.15) is 6.61 Å². The van der Waals surface area contributed by atoms with Crippen molar-refractivity contribution in [3.8, 4) is 11.8 Å². The maximum atomic E-state index is 13.2. The van der Waals surface area contributed by atoms with E-state index in [1.54, 1.807) is 18.2 Å². The number of hydrogen-bond donors (Lipinski definition) is 0. The minimum Gasteiger partial charge on any atom is -0.489 e. The number of halogens is 1. The first-order valence-corrected chi connectivity index (χ1v) is 5.04. The lowest BCUT2D eigenvalue weighted by atomic mass is 9.71. The van der Waals surface area contributed by atoms with Gasteiger partial charge in [0.25, 0.3) is 0 Å². The molecule has 0 heterocycles. The number of ether oxygens (including phenoxy) is 1. The summed E-state index contributed by atoms with van der Waals surface area (Å²) in [6.07, 6.45) is 2.78. The largest absolute Gasteiger partial charge is 0.489 e. The summed E-state index contributed by atoms with van der Waals surface area (Å²) in [5.41, 5.74) is -0.373. The molecule has 1 saturated carbocycles. The summed E-state index contributed by atoms with van der Waals surface area (Å²) in [4.78, 5) is 0. The van der Waals surface area contributed by atoms with Crippen LogP contribution in [0.4, 0.5) is 4.39 Å². The van der Waals surface area contributed by atoms with Crippen LogP contribution >= 0.6 is 0 Å². The van der Waals surface area contributed by atoms with Crippen LogP contribution < -0.4 is 4.74 Å². The van der Waals surface area contributed by atoms with Gasteiger partial charge in [-0.05, 0) is 25.0 Å². The predicted molar refractivity (Wildman–Crippen MR) is 53.8 cm³/mol. The van der Waals surface area contributed by atoms with Crippen molar-refractivity contribution in [3.05, 3.63) is 30.1 Å². The zero-order valence-electron chi connectivity index (χ0n) is 8.37. The number of nitriles is 1. The van der Waals surface area contributed by atoms with Gasteiger partial charge in [-0.2, -0.15) is 5.26 Å². The Labute approximate surface area is 88.3 Å². The Bertz CT molecular complexity index is 393. The van der Waals surface area contributed by atoms with Gasteiger partial charge in [-0.15, -0.1) is 0 Å². The van der Waals surface area contributed by atoms with Gasteiger partial charge < -0.3 is 4.74 Å². The van der Waals surface area contributed by atoms with E-state index in [-0.39, 0.29) is 17.0 Å². The molecule has 0 atom stereocenters. The Balaban J connectivity index is 1.99. The van der Waals surface area contributed by atoms with Crippen LogP contribution in [0.5, 0.6) is 5.75 Å². The maximum absolute atomic E-state index is 13.2. The molecule has 1 aromatic carbocycles. The lowest BCUT2D eigenvalue weighted by molar-refractivity contribution is 0.112. The molecule has 0 unspecified atom stereocenters. The second-order valence-electron chi connectivity index (χ2n) is 3.96. The highest BCUT2D eigenvalue weighted by molar-refractivity contribution is 5.24. The van der Waals surface area contributed by atoms with Gasteiger partial charge in [0.2, 0.25) is 0 Å². The molecule has 2 rings (SSSR count). The molecule has 1 aliphatic rings. The molecule has 15 heavy (non-hydrogen) atoms. The first-order chi connectivity index (χ1) is 7.26. The average molecular weight is 205 g/mol. The summed E-state index contributed by atoms with van der Waals surface area (Å²) < 4.78 is 18.5. The number of benzene rings is 1. The van der Waals surface area contributed by atoms with Gasteiger partial charge in [-0.3, -0.25) is 0 Å². The molecule has 0 radical (unpaired) electrons. The molecule has 1 aliphatic carbocycles. The molecule has 3 heteroatoms. The minimum atomic E-state index is -0.373. The SMILES string of the molecule is N#CC1(COc2ccccc2F)CCC1. The summed E-state index contributed by atoms with van der Waals surface area (Å²) in [5.74, 6) is -0.135. The van der Waals surface area contributed by atoms with E-state index in [1.807, 2.05) is 0 Å². The van der Waals surface area contributed by atoms with E-state index in [1.165, 1.54) is 6.07 Å². The molecule has 0 amide bonds. The lowest BCUT2D eigenvalue weighted by Crippen LogP contribution is -2.34. The van der Waals surface area contributed by atoms with Crippen molar-refractivity contribution >= 4 is 0 Å². The minimum absolute atomic E-state index is 0.235. The van der Waals surface area contributed by atoms with Gasteiger partial charge in [-0.25, -0.2) is 4.39 Å². The summed E-state index contributed by atoms with van der Waals surface area (Å²) in [5, 5.41) is 8.96. The zero-order valence-corrected chi connectivity index (χ0v) is 8.37. The van der Waals surface area contributed by atoms with E-state index in [0.29, 0.717) is 6.61 Å². The van der Waals surface area contributed by atoms with Crippen molar-refractivity contribution in [2.45, 2.75) is 19.3 Å². The first kappa shape index (κ1) is 9.97. The molecule has 0 spiro atoms. The highest BCUT2D eigenvalue weighted by Crippen LogP contribution is 2.40. The number of rotatable bonds is 3. The van der Waals surface area contributed by atoms with E-state index >= 15 is 0 Å². The fourth-order valence-corrected chi connectivity index (χ4v) is 1.67. The third kappa shape index (κ3) is 1.94. The second-order valence-corrected chi connectivity index (χ2v) is 3.96. The van der Waals surface area contributed by atoms with Crippen molar-refractivity contribution in [1.29, 1.82) is 5.26 Å². The summed E-state index contributed by atoms with van der Waals surface area (Å²) in [6.45, 7) is 0.296. The summed E-state index contributed by atoms with van der Waals surface area (Å²) in [6, 6.07) is 8.53. The van der Waals surface area contributed by atoms with Crippen molar-refractivity contribution in [2.75, 3.05) is 6.61 Å². The van der Waals surface area contributed by atoms with Crippen LogP contribution in [0.25, 0.3) is 0 Å². The van der Waals surface area contributed by atoms with E-state index < -0.39 is 0 Å². The van der Waals surface area contributed by atoms with Crippen LogP contribution in [0.2, 0.25) is 0 Å². The molecule has 78 valence electrons. The molecule has 2 nitrogen and oxygen atoms in total. The molecular weight excluding hydrogens is 193 g/mol. The van der Waals surface area contributed by atoms with E-state index in [4.69, 9.17) is 10.00 Å². The van der Waals surface area contributed by atoms with Gasteiger partial charge in [0.05, 0.1) is 11.5 Å². The van der Waals surface area contributed by atoms with E-state index in [2.05, 4.69) is 6.07 Å². The Kier molecular flexibility index (Phi) is 2.59. The van der Waals surface area contributed by atoms with Crippen LogP contribution in [-0.4, -0.2) is 6.61 Å². The standard InChI is InChI=1S/C12H12FNO/c13-10-4-1-2-5-11(10)15-9-12(8-14)6-3-7-12/h1-2,4-5H,3,6-7,9H2. The Morgan fingerprint density at radius 2 is 2.13 bits per heavy atom. The number of nitrogens with zero attached hydrogens (tertiary/aromatic N) is 1. The van der Waals surface area contributed by atoms with Crippen molar-refractivity contribution < 1.29 is 9.13 Å². The van der Waals surface area contributed by atoms with Gasteiger partial charge in [0.15, 0.2) is 11.6 Å². The molecule has 0 saturated heterocycles. The molecule has 0 aliphatic heterocycles. The second kappa shape index (κ2) is 3.90. The fraction of sp³-hybridized carbons (Fsp3) is 0.417. The highest BCUT2D eigenvalue weighted by atomic mass is 19.1. The highest BCUT2D eigenvalue weighted by Gasteiger charge is 2.38. The van der Waals surface area contributed by atoms with E-state index in [0.717, 1.165) is 19.3 Å². The topological polar surface area (TPSA) is 33.0 Å². The smallest absolute Gasteiger partial charge is 0.165 e. The van der Waals surface area contributed by atoms with Crippen molar-refractivity contribution in [3.63, 3.8) is 0 Å². The maximum Gasteiger partial charge on any atom is 0.165 e. The first-order valence-electron chi connectivity index (χ1n) is 5.04. The number of para-hydroxylation sites is 1. The summed E-state index contributed by atoms with van der Waals surface area (Å²) >= 11 is 0. The van der Waals surface area contributed by atoms with Crippen LogP contribution in [0.15, 0.2) is 24.3 Å². The molecule has 0 aromatic heterocycles. The zero-order chi connectivity index (χ0) is 10.7. The van der Waals surface area contributed by atoms with E-state index in [9.17, 15) is 4.39 Å². The predicted octanol–water partition coefficient (Wildman–Crippen LogP) is 2.90. The molecule has 1 aromatic rings. The third-order valence-electron chi connectivity index (χ3n) is 2.89. The van der Waals surface area contributed by atoms with Gasteiger partial charge in [-0.1, -0.05) is 18.6 Å². The molecular formula is C12H12FNO. The molecule has 0 N–H and O–H groups in total. The van der Waals surface area contributed by atoms with Crippen LogP contribution in [0.3, 0.4) is 0 Å². The van der Waals surface area contributed by atoms with Crippen LogP contribution in [0, 0.1) is 22.6 Å². The Morgan fingerprint density at radius 3 is 2.67 bits per heavy atom. The number of hydrogen-bond acceptors (Lipinski definition) is 2. The molecule has 0 bridgehead atoms. The normalized spacial score (nSPS) is 17.6. The van der Waals surface area contributed by atoms with Crippen LogP contribution in [0.1, 0.15) is 19.3 Å².